The molecule has 0 N–H and O–H groups in total. The highest BCUT2D eigenvalue weighted by Crippen LogP contribution is 2.33. The van der Waals surface area contributed by atoms with Gasteiger partial charge in [-0.05, 0) is 31.0 Å². The molecule has 102 valence electrons. The largest absolute Gasteiger partial charge is 0.374 e. The fourth-order valence-electron chi connectivity index (χ4n) is 3.22. The predicted molar refractivity (Wildman–Crippen MR) is 71.1 cm³/mol. The number of hydrogen-bond donors (Lipinski definition) is 0. The summed E-state index contributed by atoms with van der Waals surface area (Å²) in [5, 5.41) is 0. The fourth-order valence-corrected chi connectivity index (χ4v) is 3.22. The van der Waals surface area contributed by atoms with Crippen molar-refractivity contribution in [2.45, 2.75) is 37.8 Å². The second-order valence-corrected chi connectivity index (χ2v) is 5.28. The lowest BCUT2D eigenvalue weighted by Gasteiger charge is -2.45. The minimum Gasteiger partial charge on any atom is -0.374 e. The number of anilines is 1. The Morgan fingerprint density at radius 3 is 2.95 bits per heavy atom. The molecule has 4 heteroatoms. The summed E-state index contributed by atoms with van der Waals surface area (Å²) in [7, 11) is 0. The average Bonchev–Trinajstić information content (AvgIpc) is 2.46. The van der Waals surface area contributed by atoms with Gasteiger partial charge in [0.15, 0.2) is 0 Å². The standard InChI is InChI=1S/C15H18FNO2/c16-12-9-11(10-18)5-6-13(12)17-7-8-19-15-4-2-1-3-14(15)17/h5-6,9-10,14-15H,1-4,7-8H2. The van der Waals surface area contributed by atoms with Crippen molar-refractivity contribution in [2.24, 2.45) is 0 Å². The molecule has 2 fully saturated rings. The molecule has 0 bridgehead atoms. The van der Waals surface area contributed by atoms with Crippen LogP contribution in [0.3, 0.4) is 0 Å². The molecule has 1 saturated carbocycles. The molecule has 0 amide bonds. The van der Waals surface area contributed by atoms with Crippen LogP contribution in [0.15, 0.2) is 18.2 Å². The molecular weight excluding hydrogens is 245 g/mol. The van der Waals surface area contributed by atoms with E-state index in [1.807, 2.05) is 0 Å². The van der Waals surface area contributed by atoms with Crippen molar-refractivity contribution in [1.82, 2.24) is 0 Å². The Bertz CT molecular complexity index is 475. The molecule has 2 aliphatic rings. The Morgan fingerprint density at radius 2 is 2.16 bits per heavy atom. The number of hydrogen-bond acceptors (Lipinski definition) is 3. The third-order valence-electron chi connectivity index (χ3n) is 4.15. The van der Waals surface area contributed by atoms with E-state index in [2.05, 4.69) is 4.90 Å². The zero-order chi connectivity index (χ0) is 13.2. The summed E-state index contributed by atoms with van der Waals surface area (Å²) in [6.45, 7) is 1.37. The topological polar surface area (TPSA) is 29.5 Å². The molecule has 1 saturated heterocycles. The van der Waals surface area contributed by atoms with Crippen LogP contribution < -0.4 is 4.90 Å². The first-order chi connectivity index (χ1) is 9.29. The highest BCUT2D eigenvalue weighted by atomic mass is 19.1. The molecule has 2 unspecified atom stereocenters. The van der Waals surface area contributed by atoms with Gasteiger partial charge in [-0.15, -0.1) is 0 Å². The number of aldehydes is 1. The normalized spacial score (nSPS) is 26.9. The summed E-state index contributed by atoms with van der Waals surface area (Å²) >= 11 is 0. The number of nitrogens with zero attached hydrogens (tertiary/aromatic N) is 1. The van der Waals surface area contributed by atoms with Gasteiger partial charge in [-0.1, -0.05) is 12.8 Å². The summed E-state index contributed by atoms with van der Waals surface area (Å²) in [5.74, 6) is -0.309. The number of morpholine rings is 1. The van der Waals surface area contributed by atoms with Crippen molar-refractivity contribution in [1.29, 1.82) is 0 Å². The molecule has 19 heavy (non-hydrogen) atoms. The van der Waals surface area contributed by atoms with E-state index >= 15 is 0 Å². The zero-order valence-electron chi connectivity index (χ0n) is 10.8. The Hall–Kier alpha value is -1.42. The monoisotopic (exact) mass is 263 g/mol. The lowest BCUT2D eigenvalue weighted by Crippen LogP contribution is -2.53. The van der Waals surface area contributed by atoms with E-state index in [4.69, 9.17) is 4.74 Å². The molecule has 1 aliphatic carbocycles. The van der Waals surface area contributed by atoms with Crippen molar-refractivity contribution < 1.29 is 13.9 Å². The van der Waals surface area contributed by atoms with Gasteiger partial charge in [0.05, 0.1) is 24.4 Å². The van der Waals surface area contributed by atoms with Crippen molar-refractivity contribution in [3.8, 4) is 0 Å². The number of rotatable bonds is 2. The van der Waals surface area contributed by atoms with E-state index in [1.54, 1.807) is 12.1 Å². The van der Waals surface area contributed by atoms with Gasteiger partial charge in [0, 0.05) is 12.1 Å². The van der Waals surface area contributed by atoms with E-state index in [1.165, 1.54) is 18.9 Å². The molecule has 2 atom stereocenters. The van der Waals surface area contributed by atoms with Crippen molar-refractivity contribution in [3.05, 3.63) is 29.6 Å². The Labute approximate surface area is 112 Å². The molecule has 0 aromatic heterocycles. The predicted octanol–water partition coefficient (Wildman–Crippen LogP) is 2.79. The maximum absolute atomic E-state index is 14.1. The van der Waals surface area contributed by atoms with Crippen LogP contribution in [0, 0.1) is 5.82 Å². The van der Waals surface area contributed by atoms with Gasteiger partial charge >= 0.3 is 0 Å². The molecular formula is C15H18FNO2. The number of carbonyl (C=O) groups excluding carboxylic acids is 1. The number of halogens is 1. The summed E-state index contributed by atoms with van der Waals surface area (Å²) < 4.78 is 19.9. The van der Waals surface area contributed by atoms with E-state index in [0.29, 0.717) is 24.1 Å². The molecule has 0 radical (unpaired) electrons. The lowest BCUT2D eigenvalue weighted by molar-refractivity contribution is -0.00891. The van der Waals surface area contributed by atoms with Crippen molar-refractivity contribution in [2.75, 3.05) is 18.1 Å². The van der Waals surface area contributed by atoms with Crippen LogP contribution in [0.1, 0.15) is 36.0 Å². The fraction of sp³-hybridized carbons (Fsp3) is 0.533. The molecule has 3 rings (SSSR count). The van der Waals surface area contributed by atoms with Gasteiger partial charge in [0.25, 0.3) is 0 Å². The van der Waals surface area contributed by atoms with Crippen LogP contribution in [0.25, 0.3) is 0 Å². The van der Waals surface area contributed by atoms with E-state index < -0.39 is 0 Å². The summed E-state index contributed by atoms with van der Waals surface area (Å²) in [6.07, 6.45) is 5.40. The smallest absolute Gasteiger partial charge is 0.150 e. The quantitative estimate of drug-likeness (QED) is 0.768. The molecule has 1 aromatic rings. The molecule has 3 nitrogen and oxygen atoms in total. The van der Waals surface area contributed by atoms with Crippen LogP contribution in [0.4, 0.5) is 10.1 Å². The molecule has 1 aliphatic heterocycles. The van der Waals surface area contributed by atoms with Crippen molar-refractivity contribution in [3.63, 3.8) is 0 Å². The summed E-state index contributed by atoms with van der Waals surface area (Å²) in [6, 6.07) is 4.99. The second kappa shape index (κ2) is 5.29. The SMILES string of the molecule is O=Cc1ccc(N2CCOC3CCCCC32)c(F)c1. The van der Waals surface area contributed by atoms with Gasteiger partial charge < -0.3 is 9.64 Å². The lowest BCUT2D eigenvalue weighted by atomic mass is 9.89. The third kappa shape index (κ3) is 2.37. The minimum absolute atomic E-state index is 0.229. The first-order valence-corrected chi connectivity index (χ1v) is 6.92. The average molecular weight is 263 g/mol. The van der Waals surface area contributed by atoms with Crippen LogP contribution in [0.5, 0.6) is 0 Å². The summed E-state index contributed by atoms with van der Waals surface area (Å²) in [5.41, 5.74) is 0.987. The van der Waals surface area contributed by atoms with Gasteiger partial charge in [0.2, 0.25) is 0 Å². The minimum atomic E-state index is -0.309. The van der Waals surface area contributed by atoms with Gasteiger partial charge in [-0.2, -0.15) is 0 Å². The molecule has 0 spiro atoms. The number of fused-ring (bicyclic) bond motifs is 1. The third-order valence-corrected chi connectivity index (χ3v) is 4.15. The Kier molecular flexibility index (Phi) is 3.51. The maximum Gasteiger partial charge on any atom is 0.150 e. The number of carbonyl (C=O) groups is 1. The van der Waals surface area contributed by atoms with Crippen molar-refractivity contribution >= 4 is 12.0 Å². The van der Waals surface area contributed by atoms with E-state index in [0.717, 1.165) is 19.4 Å². The second-order valence-electron chi connectivity index (χ2n) is 5.28. The van der Waals surface area contributed by atoms with E-state index in [9.17, 15) is 9.18 Å². The highest BCUT2D eigenvalue weighted by molar-refractivity contribution is 5.76. The molecule has 1 heterocycles. The van der Waals surface area contributed by atoms with Gasteiger partial charge in [-0.25, -0.2) is 4.39 Å². The first kappa shape index (κ1) is 12.6. The van der Waals surface area contributed by atoms with Crippen LogP contribution >= 0.6 is 0 Å². The first-order valence-electron chi connectivity index (χ1n) is 6.92. The van der Waals surface area contributed by atoms with E-state index in [-0.39, 0.29) is 18.0 Å². The Balaban J connectivity index is 1.89. The van der Waals surface area contributed by atoms with Gasteiger partial charge in [-0.3, -0.25) is 4.79 Å². The number of benzene rings is 1. The zero-order valence-corrected chi connectivity index (χ0v) is 10.8. The molecule has 1 aromatic carbocycles. The highest BCUT2D eigenvalue weighted by Gasteiger charge is 2.35. The maximum atomic E-state index is 14.1. The number of ether oxygens (including phenoxy) is 1. The van der Waals surface area contributed by atoms with Gasteiger partial charge in [0.1, 0.15) is 12.1 Å². The van der Waals surface area contributed by atoms with Crippen LogP contribution in [-0.4, -0.2) is 31.6 Å². The Morgan fingerprint density at radius 1 is 1.32 bits per heavy atom. The summed E-state index contributed by atoms with van der Waals surface area (Å²) in [4.78, 5) is 12.8. The van der Waals surface area contributed by atoms with Crippen LogP contribution in [-0.2, 0) is 4.74 Å². The van der Waals surface area contributed by atoms with Crippen LogP contribution in [0.2, 0.25) is 0 Å².